The van der Waals surface area contributed by atoms with Crippen LogP contribution >= 0.6 is 11.8 Å². The van der Waals surface area contributed by atoms with Crippen LogP contribution in [0.2, 0.25) is 0 Å². The van der Waals surface area contributed by atoms with Crippen molar-refractivity contribution in [2.75, 3.05) is 11.6 Å². The number of nitrogens with one attached hydrogen (secondary N) is 2. The van der Waals surface area contributed by atoms with Crippen LogP contribution in [-0.4, -0.2) is 40.7 Å². The molecular formula is C14H18N2O3S. The first-order valence-corrected chi connectivity index (χ1v) is 7.70. The molecule has 0 aromatic heterocycles. The number of amides is 1. The monoisotopic (exact) mass is 294 g/mol. The molecule has 1 amide bonds. The molecule has 1 saturated heterocycles. The number of hydrogen-bond acceptors (Lipinski definition) is 4. The van der Waals surface area contributed by atoms with Gasteiger partial charge in [-0.25, -0.2) is 4.79 Å². The van der Waals surface area contributed by atoms with Crippen LogP contribution < -0.4 is 10.6 Å². The molecule has 1 aliphatic heterocycles. The maximum Gasteiger partial charge on any atom is 0.326 e. The van der Waals surface area contributed by atoms with Crippen molar-refractivity contribution >= 4 is 23.6 Å². The van der Waals surface area contributed by atoms with Gasteiger partial charge in [0.25, 0.3) is 0 Å². The highest BCUT2D eigenvalue weighted by Gasteiger charge is 2.27. The molecule has 6 heteroatoms. The molecule has 2 atom stereocenters. The summed E-state index contributed by atoms with van der Waals surface area (Å²) in [6, 6.07) is 8.55. The Morgan fingerprint density at radius 3 is 2.75 bits per heavy atom. The third-order valence-electron chi connectivity index (χ3n) is 3.21. The minimum absolute atomic E-state index is 0.226. The second-order valence-corrected chi connectivity index (χ2v) is 5.73. The van der Waals surface area contributed by atoms with E-state index in [1.54, 1.807) is 11.8 Å². The fraction of sp³-hybridized carbons (Fsp3) is 0.429. The lowest BCUT2D eigenvalue weighted by Crippen LogP contribution is -2.49. The van der Waals surface area contributed by atoms with E-state index < -0.39 is 12.0 Å². The number of carbonyl (C=O) groups excluding carboxylic acids is 1. The number of rotatable bonds is 6. The van der Waals surface area contributed by atoms with E-state index in [4.69, 9.17) is 0 Å². The number of hydrogen-bond donors (Lipinski definition) is 3. The van der Waals surface area contributed by atoms with Crippen LogP contribution in [0.3, 0.4) is 0 Å². The highest BCUT2D eigenvalue weighted by Crippen LogP contribution is 2.10. The van der Waals surface area contributed by atoms with Gasteiger partial charge in [-0.2, -0.15) is 0 Å². The third kappa shape index (κ3) is 4.25. The van der Waals surface area contributed by atoms with Gasteiger partial charge in [0.05, 0.1) is 6.04 Å². The minimum atomic E-state index is -0.986. The molecule has 2 rings (SSSR count). The van der Waals surface area contributed by atoms with E-state index in [9.17, 15) is 14.7 Å². The van der Waals surface area contributed by atoms with E-state index in [-0.39, 0.29) is 11.9 Å². The first-order chi connectivity index (χ1) is 9.66. The van der Waals surface area contributed by atoms with Crippen molar-refractivity contribution in [2.24, 2.45) is 0 Å². The van der Waals surface area contributed by atoms with Gasteiger partial charge in [-0.3, -0.25) is 10.1 Å². The van der Waals surface area contributed by atoms with Gasteiger partial charge < -0.3 is 10.4 Å². The second kappa shape index (κ2) is 7.31. The molecule has 5 nitrogen and oxygen atoms in total. The van der Waals surface area contributed by atoms with Gasteiger partial charge in [-0.1, -0.05) is 30.3 Å². The average Bonchev–Trinajstić information content (AvgIpc) is 2.98. The smallest absolute Gasteiger partial charge is 0.326 e. The summed E-state index contributed by atoms with van der Waals surface area (Å²) in [7, 11) is 0. The Labute approximate surface area is 122 Å². The van der Waals surface area contributed by atoms with Crippen LogP contribution in [0.4, 0.5) is 0 Å². The molecular weight excluding hydrogens is 276 g/mol. The van der Waals surface area contributed by atoms with Crippen LogP contribution in [0.25, 0.3) is 0 Å². The fourth-order valence-electron chi connectivity index (χ4n) is 2.05. The van der Waals surface area contributed by atoms with Crippen molar-refractivity contribution in [3.8, 4) is 0 Å². The maximum absolute atomic E-state index is 11.9. The lowest BCUT2D eigenvalue weighted by Gasteiger charge is -2.17. The second-order valence-electron chi connectivity index (χ2n) is 4.70. The zero-order chi connectivity index (χ0) is 14.4. The van der Waals surface area contributed by atoms with E-state index in [0.29, 0.717) is 18.6 Å². The van der Waals surface area contributed by atoms with Crippen LogP contribution in [0.1, 0.15) is 12.0 Å². The Morgan fingerprint density at radius 1 is 1.40 bits per heavy atom. The highest BCUT2D eigenvalue weighted by atomic mass is 32.2. The van der Waals surface area contributed by atoms with Gasteiger partial charge in [-0.05, 0) is 18.4 Å². The Morgan fingerprint density at radius 2 is 2.15 bits per heavy atom. The van der Waals surface area contributed by atoms with E-state index in [1.165, 1.54) is 0 Å². The largest absolute Gasteiger partial charge is 0.480 e. The normalized spacial score (nSPS) is 19.5. The van der Waals surface area contributed by atoms with Crippen LogP contribution in [0.15, 0.2) is 30.3 Å². The van der Waals surface area contributed by atoms with E-state index >= 15 is 0 Å². The van der Waals surface area contributed by atoms with Crippen molar-refractivity contribution < 1.29 is 14.7 Å². The molecule has 1 unspecified atom stereocenters. The molecule has 0 spiro atoms. The molecule has 1 aliphatic rings. The lowest BCUT2D eigenvalue weighted by molar-refractivity contribution is -0.142. The first kappa shape index (κ1) is 14.9. The summed E-state index contributed by atoms with van der Waals surface area (Å²) in [4.78, 5) is 23.2. The zero-order valence-electron chi connectivity index (χ0n) is 11.0. The van der Waals surface area contributed by atoms with Gasteiger partial charge in [-0.15, -0.1) is 11.8 Å². The number of carbonyl (C=O) groups is 2. The summed E-state index contributed by atoms with van der Waals surface area (Å²) >= 11 is 1.64. The summed E-state index contributed by atoms with van der Waals surface area (Å²) in [5.41, 5.74) is 1.07. The summed E-state index contributed by atoms with van der Waals surface area (Å²) in [5.74, 6) is 0.215. The molecule has 0 aliphatic carbocycles. The zero-order valence-corrected chi connectivity index (χ0v) is 11.9. The Hall–Kier alpha value is -1.53. The van der Waals surface area contributed by atoms with Crippen molar-refractivity contribution in [3.63, 3.8) is 0 Å². The van der Waals surface area contributed by atoms with E-state index in [1.807, 2.05) is 30.3 Å². The number of aliphatic carboxylic acids is 1. The Balaban J connectivity index is 1.87. The molecule has 1 aromatic carbocycles. The molecule has 0 saturated carbocycles. The Bertz CT molecular complexity index is 461. The third-order valence-corrected chi connectivity index (χ3v) is 4.15. The summed E-state index contributed by atoms with van der Waals surface area (Å²) in [5, 5.41) is 14.8. The number of thioether (sulfide) groups is 1. The predicted octanol–water partition coefficient (Wildman–Crippen LogP) is 0.851. The van der Waals surface area contributed by atoms with E-state index in [2.05, 4.69) is 10.6 Å². The molecule has 1 aromatic rings. The van der Waals surface area contributed by atoms with E-state index in [0.717, 1.165) is 11.4 Å². The lowest BCUT2D eigenvalue weighted by atomic mass is 10.0. The standard InChI is InChI=1S/C14H18N2O3S/c17-13(12-8-20-9-15-12)16-11(14(18)19)7-6-10-4-2-1-3-5-10/h1-5,11-12,15H,6-9H2,(H,16,17)(H,18,19)/t11-,12?/m0/s1. The van der Waals surface area contributed by atoms with Crippen molar-refractivity contribution in [3.05, 3.63) is 35.9 Å². The molecule has 1 fully saturated rings. The average molecular weight is 294 g/mol. The van der Waals surface area contributed by atoms with Gasteiger partial charge >= 0.3 is 5.97 Å². The van der Waals surface area contributed by atoms with Gasteiger partial charge in [0.15, 0.2) is 0 Å². The van der Waals surface area contributed by atoms with Gasteiger partial charge in [0.1, 0.15) is 6.04 Å². The van der Waals surface area contributed by atoms with Crippen LogP contribution in [0, 0.1) is 0 Å². The SMILES string of the molecule is O=C(N[C@@H](CCc1ccccc1)C(=O)O)C1CSCN1. The van der Waals surface area contributed by atoms with Crippen molar-refractivity contribution in [1.29, 1.82) is 0 Å². The fourth-order valence-corrected chi connectivity index (χ4v) is 2.99. The van der Waals surface area contributed by atoms with Crippen LogP contribution in [0.5, 0.6) is 0 Å². The number of carboxylic acids is 1. The predicted molar refractivity (Wildman–Crippen MR) is 78.6 cm³/mol. The summed E-state index contributed by atoms with van der Waals surface area (Å²) in [6.45, 7) is 0. The number of benzene rings is 1. The summed E-state index contributed by atoms with van der Waals surface area (Å²) < 4.78 is 0. The topological polar surface area (TPSA) is 78.4 Å². The molecule has 0 bridgehead atoms. The van der Waals surface area contributed by atoms with Gasteiger partial charge in [0.2, 0.25) is 5.91 Å². The Kier molecular flexibility index (Phi) is 5.43. The van der Waals surface area contributed by atoms with Crippen molar-refractivity contribution in [2.45, 2.75) is 24.9 Å². The summed E-state index contributed by atoms with van der Waals surface area (Å²) in [6.07, 6.45) is 1.02. The molecule has 20 heavy (non-hydrogen) atoms. The minimum Gasteiger partial charge on any atom is -0.480 e. The number of carboxylic acid groups (broad SMARTS) is 1. The molecule has 108 valence electrons. The molecule has 1 heterocycles. The van der Waals surface area contributed by atoms with Gasteiger partial charge in [0, 0.05) is 11.6 Å². The maximum atomic E-state index is 11.9. The quantitative estimate of drug-likeness (QED) is 0.725. The number of aryl methyl sites for hydroxylation is 1. The molecule has 3 N–H and O–H groups in total. The molecule has 0 radical (unpaired) electrons. The van der Waals surface area contributed by atoms with Crippen LogP contribution in [-0.2, 0) is 16.0 Å². The highest BCUT2D eigenvalue weighted by molar-refractivity contribution is 7.99. The van der Waals surface area contributed by atoms with Crippen molar-refractivity contribution in [1.82, 2.24) is 10.6 Å². The first-order valence-electron chi connectivity index (χ1n) is 6.55.